The topological polar surface area (TPSA) is 0 Å². The van der Waals surface area contributed by atoms with Gasteiger partial charge in [0, 0.05) is 0 Å². The first-order chi connectivity index (χ1) is 4.00. The highest BCUT2D eigenvalue weighted by atomic mass is 32.2. The Morgan fingerprint density at radius 3 is 2.25 bits per heavy atom. The minimum absolute atomic E-state index is 1.27. The van der Waals surface area contributed by atoms with Crippen LogP contribution in [0.4, 0.5) is 0 Å². The standard InChI is InChI=1S/C6H11S2/c1-3-7-5-2-6-8-4-1/h1H,2-6H2. The van der Waals surface area contributed by atoms with Crippen LogP contribution >= 0.6 is 23.5 Å². The van der Waals surface area contributed by atoms with Crippen LogP contribution in [0.15, 0.2) is 0 Å². The molecule has 1 saturated heterocycles. The van der Waals surface area contributed by atoms with Crippen LogP contribution in [0.1, 0.15) is 6.42 Å². The quantitative estimate of drug-likeness (QED) is 0.514. The summed E-state index contributed by atoms with van der Waals surface area (Å²) in [7, 11) is 0. The minimum atomic E-state index is 1.27. The molecule has 0 unspecified atom stereocenters. The molecular formula is C6H11S2. The van der Waals surface area contributed by atoms with E-state index in [1.54, 1.807) is 0 Å². The Hall–Kier alpha value is 0.700. The summed E-state index contributed by atoms with van der Waals surface area (Å²) in [4.78, 5) is 0. The first-order valence-corrected chi connectivity index (χ1v) is 5.28. The molecule has 1 rings (SSSR count). The molecule has 0 aromatic rings. The molecule has 0 atom stereocenters. The smallest absolute Gasteiger partial charge is 0.00280 e. The molecule has 0 spiro atoms. The van der Waals surface area contributed by atoms with Gasteiger partial charge in [0.2, 0.25) is 0 Å². The Morgan fingerprint density at radius 1 is 1.00 bits per heavy atom. The van der Waals surface area contributed by atoms with Gasteiger partial charge in [0.05, 0.1) is 0 Å². The van der Waals surface area contributed by atoms with Gasteiger partial charge >= 0.3 is 0 Å². The van der Waals surface area contributed by atoms with Crippen LogP contribution < -0.4 is 0 Å². The largest absolute Gasteiger partial charge is 0.162 e. The Labute approximate surface area is 59.8 Å². The van der Waals surface area contributed by atoms with Gasteiger partial charge in [-0.1, -0.05) is 0 Å². The zero-order chi connectivity index (χ0) is 5.66. The first-order valence-electron chi connectivity index (χ1n) is 2.97. The molecule has 0 aromatic heterocycles. The maximum atomic E-state index is 2.37. The normalized spacial score (nSPS) is 24.0. The SMILES string of the molecule is [CH]1CSCCCSC1. The van der Waals surface area contributed by atoms with E-state index in [-0.39, 0.29) is 0 Å². The molecule has 1 aliphatic heterocycles. The molecule has 1 radical (unpaired) electrons. The Balaban J connectivity index is 2.00. The molecule has 0 saturated carbocycles. The van der Waals surface area contributed by atoms with Crippen LogP contribution in [0, 0.1) is 6.42 Å². The second-order valence-electron chi connectivity index (χ2n) is 1.79. The lowest BCUT2D eigenvalue weighted by Gasteiger charge is -2.05. The van der Waals surface area contributed by atoms with Crippen LogP contribution in [0.25, 0.3) is 0 Å². The molecule has 0 N–H and O–H groups in total. The van der Waals surface area contributed by atoms with Crippen molar-refractivity contribution in [3.05, 3.63) is 6.42 Å². The van der Waals surface area contributed by atoms with Crippen LogP contribution in [0.5, 0.6) is 0 Å². The highest BCUT2D eigenvalue weighted by molar-refractivity contribution is 8.00. The Kier molecular flexibility index (Phi) is 3.89. The van der Waals surface area contributed by atoms with Gasteiger partial charge < -0.3 is 0 Å². The monoisotopic (exact) mass is 147 g/mol. The summed E-state index contributed by atoms with van der Waals surface area (Å²) in [6.45, 7) is 0. The molecule has 0 nitrogen and oxygen atoms in total. The average Bonchev–Trinajstić information content (AvgIpc) is 1.62. The van der Waals surface area contributed by atoms with E-state index < -0.39 is 0 Å². The molecule has 47 valence electrons. The number of hydrogen-bond acceptors (Lipinski definition) is 2. The van der Waals surface area contributed by atoms with Crippen LogP contribution in [-0.4, -0.2) is 23.0 Å². The highest BCUT2D eigenvalue weighted by Crippen LogP contribution is 2.14. The molecule has 1 heterocycles. The molecule has 0 aliphatic carbocycles. The molecule has 0 amide bonds. The van der Waals surface area contributed by atoms with Crippen molar-refractivity contribution < 1.29 is 0 Å². The fraction of sp³-hybridized carbons (Fsp3) is 0.833. The Bertz CT molecular complexity index is 30.5. The first kappa shape index (κ1) is 6.81. The van der Waals surface area contributed by atoms with Gasteiger partial charge in [0.1, 0.15) is 0 Å². The predicted molar refractivity (Wildman–Crippen MR) is 43.6 cm³/mol. The van der Waals surface area contributed by atoms with E-state index in [0.29, 0.717) is 0 Å². The predicted octanol–water partition coefficient (Wildman–Crippen LogP) is 2.06. The third kappa shape index (κ3) is 2.88. The fourth-order valence-corrected chi connectivity index (χ4v) is 2.58. The second kappa shape index (κ2) is 4.57. The second-order valence-corrected chi connectivity index (χ2v) is 4.09. The average molecular weight is 147 g/mol. The zero-order valence-corrected chi connectivity index (χ0v) is 6.56. The van der Waals surface area contributed by atoms with E-state index in [4.69, 9.17) is 0 Å². The fourth-order valence-electron chi connectivity index (χ4n) is 0.644. The van der Waals surface area contributed by atoms with Crippen molar-refractivity contribution >= 4 is 23.5 Å². The van der Waals surface area contributed by atoms with E-state index >= 15 is 0 Å². The maximum Gasteiger partial charge on any atom is -0.00280 e. The van der Waals surface area contributed by atoms with Crippen LogP contribution in [-0.2, 0) is 0 Å². The van der Waals surface area contributed by atoms with Crippen LogP contribution in [0.3, 0.4) is 0 Å². The van der Waals surface area contributed by atoms with Gasteiger partial charge in [-0.2, -0.15) is 23.5 Å². The van der Waals surface area contributed by atoms with E-state index in [1.165, 1.54) is 29.4 Å². The van der Waals surface area contributed by atoms with E-state index in [9.17, 15) is 0 Å². The zero-order valence-electron chi connectivity index (χ0n) is 4.93. The van der Waals surface area contributed by atoms with Gasteiger partial charge in [-0.25, -0.2) is 0 Å². The molecule has 1 aliphatic rings. The number of rotatable bonds is 0. The van der Waals surface area contributed by atoms with Gasteiger partial charge in [-0.15, -0.1) is 0 Å². The van der Waals surface area contributed by atoms with Crippen LogP contribution in [0.2, 0.25) is 0 Å². The highest BCUT2D eigenvalue weighted by Gasteiger charge is 1.96. The lowest BCUT2D eigenvalue weighted by atomic mass is 10.6. The summed E-state index contributed by atoms with van der Waals surface area (Å²) >= 11 is 4.12. The molecule has 8 heavy (non-hydrogen) atoms. The lowest BCUT2D eigenvalue weighted by Crippen LogP contribution is -1.95. The van der Waals surface area contributed by atoms with Crippen molar-refractivity contribution in [2.24, 2.45) is 0 Å². The summed E-state index contributed by atoms with van der Waals surface area (Å²) in [5, 5.41) is 0. The van der Waals surface area contributed by atoms with Crippen molar-refractivity contribution in [2.45, 2.75) is 6.42 Å². The van der Waals surface area contributed by atoms with E-state index in [0.717, 1.165) is 0 Å². The summed E-state index contributed by atoms with van der Waals surface area (Å²) < 4.78 is 0. The number of hydrogen-bond donors (Lipinski definition) is 0. The van der Waals surface area contributed by atoms with Gasteiger partial charge in [-0.05, 0) is 35.9 Å². The molecule has 0 aromatic carbocycles. The summed E-state index contributed by atoms with van der Waals surface area (Å²) in [5.41, 5.74) is 0. The maximum absolute atomic E-state index is 2.37. The summed E-state index contributed by atoms with van der Waals surface area (Å²) in [6, 6.07) is 0. The van der Waals surface area contributed by atoms with Gasteiger partial charge in [-0.3, -0.25) is 0 Å². The van der Waals surface area contributed by atoms with Gasteiger partial charge in [0.25, 0.3) is 0 Å². The van der Waals surface area contributed by atoms with Gasteiger partial charge in [0.15, 0.2) is 0 Å². The number of thioether (sulfide) groups is 2. The summed E-state index contributed by atoms with van der Waals surface area (Å²) in [5.74, 6) is 5.27. The Morgan fingerprint density at radius 2 is 1.62 bits per heavy atom. The molecule has 1 fully saturated rings. The van der Waals surface area contributed by atoms with Crippen molar-refractivity contribution in [1.82, 2.24) is 0 Å². The minimum Gasteiger partial charge on any atom is -0.162 e. The van der Waals surface area contributed by atoms with Crippen molar-refractivity contribution in [2.75, 3.05) is 23.0 Å². The molecule has 2 heteroatoms. The molecular weight excluding hydrogens is 136 g/mol. The van der Waals surface area contributed by atoms with Crippen molar-refractivity contribution in [1.29, 1.82) is 0 Å². The summed E-state index contributed by atoms with van der Waals surface area (Å²) in [6.07, 6.45) is 3.78. The van der Waals surface area contributed by atoms with E-state index in [1.807, 2.05) is 0 Å². The third-order valence-electron chi connectivity index (χ3n) is 1.05. The van der Waals surface area contributed by atoms with E-state index in [2.05, 4.69) is 29.9 Å². The van der Waals surface area contributed by atoms with Crippen molar-refractivity contribution in [3.63, 3.8) is 0 Å². The third-order valence-corrected chi connectivity index (χ3v) is 3.15. The lowest BCUT2D eigenvalue weighted by molar-refractivity contribution is 1.12. The van der Waals surface area contributed by atoms with Crippen molar-refractivity contribution in [3.8, 4) is 0 Å². The molecule has 0 bridgehead atoms.